The molecule has 1 atom stereocenters. The van der Waals surface area contributed by atoms with E-state index < -0.39 is 0 Å². The number of nitrogens with one attached hydrogen (secondary N) is 1. The monoisotopic (exact) mass is 455 g/mol. The zero-order valence-corrected chi connectivity index (χ0v) is 19.5. The molecule has 1 saturated heterocycles. The topological polar surface area (TPSA) is 81.6 Å². The van der Waals surface area contributed by atoms with Gasteiger partial charge in [0.05, 0.1) is 30.2 Å². The van der Waals surface area contributed by atoms with Gasteiger partial charge in [-0.25, -0.2) is 4.98 Å². The Labute approximate surface area is 192 Å². The van der Waals surface area contributed by atoms with Gasteiger partial charge in [-0.3, -0.25) is 9.97 Å². The molecule has 3 aromatic heterocycles. The number of pyridine rings is 3. The molecule has 5 heterocycles. The lowest BCUT2D eigenvalue weighted by Gasteiger charge is -2.19. The molecular formula is C23H29N5O3S. The molecule has 5 rings (SSSR count). The fourth-order valence-electron chi connectivity index (χ4n) is 3.77. The van der Waals surface area contributed by atoms with Crippen LogP contribution < -0.4 is 24.4 Å². The summed E-state index contributed by atoms with van der Waals surface area (Å²) in [4.78, 5) is 15.5. The molecule has 3 aromatic rings. The van der Waals surface area contributed by atoms with Crippen molar-refractivity contribution >= 4 is 28.5 Å². The third kappa shape index (κ3) is 5.16. The lowest BCUT2D eigenvalue weighted by molar-refractivity contribution is 0.170. The van der Waals surface area contributed by atoms with Gasteiger partial charge in [0.1, 0.15) is 18.7 Å². The second-order valence-electron chi connectivity index (χ2n) is 7.49. The van der Waals surface area contributed by atoms with Gasteiger partial charge < -0.3 is 24.4 Å². The van der Waals surface area contributed by atoms with Crippen LogP contribution in [-0.2, 0) is 6.54 Å². The fourth-order valence-corrected chi connectivity index (χ4v) is 4.44. The quantitative estimate of drug-likeness (QED) is 0.624. The maximum absolute atomic E-state index is 5.42. The maximum atomic E-state index is 5.42. The lowest BCUT2D eigenvalue weighted by Crippen LogP contribution is -2.20. The van der Waals surface area contributed by atoms with Crippen LogP contribution in [0.2, 0.25) is 0 Å². The number of hydrogen-bond donors (Lipinski definition) is 1. The summed E-state index contributed by atoms with van der Waals surface area (Å²) in [5, 5.41) is 3.75. The van der Waals surface area contributed by atoms with E-state index in [1.54, 1.807) is 13.3 Å². The second-order valence-corrected chi connectivity index (χ2v) is 8.63. The van der Waals surface area contributed by atoms with E-state index in [2.05, 4.69) is 37.5 Å². The Balaban J connectivity index is 0.000000165. The van der Waals surface area contributed by atoms with E-state index in [-0.39, 0.29) is 0 Å². The number of rotatable bonds is 5. The molecule has 2 aliphatic rings. The van der Waals surface area contributed by atoms with E-state index >= 15 is 0 Å². The maximum Gasteiger partial charge on any atom is 0.213 e. The van der Waals surface area contributed by atoms with E-state index in [0.29, 0.717) is 24.3 Å². The van der Waals surface area contributed by atoms with Crippen molar-refractivity contribution in [1.29, 1.82) is 0 Å². The van der Waals surface area contributed by atoms with Crippen molar-refractivity contribution < 1.29 is 14.2 Å². The van der Waals surface area contributed by atoms with Gasteiger partial charge in [-0.05, 0) is 31.9 Å². The van der Waals surface area contributed by atoms with Crippen molar-refractivity contribution in [2.75, 3.05) is 51.6 Å². The van der Waals surface area contributed by atoms with Crippen molar-refractivity contribution in [2.24, 2.45) is 0 Å². The number of nitrogens with zero attached hydrogens (tertiary/aromatic N) is 4. The molecule has 0 saturated carbocycles. The van der Waals surface area contributed by atoms with Crippen LogP contribution in [0, 0.1) is 0 Å². The smallest absolute Gasteiger partial charge is 0.213 e. The Morgan fingerprint density at radius 2 is 2.03 bits per heavy atom. The first-order valence-corrected chi connectivity index (χ1v) is 12.0. The highest BCUT2D eigenvalue weighted by atomic mass is 32.2. The van der Waals surface area contributed by atoms with Gasteiger partial charge in [0, 0.05) is 43.2 Å². The highest BCUT2D eigenvalue weighted by molar-refractivity contribution is 7.99. The van der Waals surface area contributed by atoms with Gasteiger partial charge in [0.25, 0.3) is 0 Å². The van der Waals surface area contributed by atoms with Crippen molar-refractivity contribution in [3.05, 3.63) is 42.4 Å². The number of hydrogen-bond acceptors (Lipinski definition) is 9. The molecule has 0 amide bonds. The minimum absolute atomic E-state index is 0.611. The van der Waals surface area contributed by atoms with Crippen LogP contribution in [0.5, 0.6) is 17.4 Å². The predicted octanol–water partition coefficient (Wildman–Crippen LogP) is 3.15. The summed E-state index contributed by atoms with van der Waals surface area (Å²) < 4.78 is 16.0. The molecule has 2 aliphatic heterocycles. The van der Waals surface area contributed by atoms with Gasteiger partial charge in [-0.2, -0.15) is 11.8 Å². The second kappa shape index (κ2) is 10.7. The zero-order valence-electron chi connectivity index (χ0n) is 18.7. The third-order valence-electron chi connectivity index (χ3n) is 5.41. The molecule has 1 unspecified atom stereocenters. The summed E-state index contributed by atoms with van der Waals surface area (Å²) in [5.74, 6) is 2.18. The zero-order chi connectivity index (χ0) is 22.3. The largest absolute Gasteiger partial charge is 0.486 e. The van der Waals surface area contributed by atoms with Crippen molar-refractivity contribution in [3.63, 3.8) is 0 Å². The molecule has 0 aromatic carbocycles. The highest BCUT2D eigenvalue weighted by Gasteiger charge is 2.23. The molecular weight excluding hydrogens is 426 g/mol. The first-order chi connectivity index (χ1) is 15.7. The minimum Gasteiger partial charge on any atom is -0.486 e. The first-order valence-electron chi connectivity index (χ1n) is 10.7. The third-order valence-corrected chi connectivity index (χ3v) is 6.46. The molecule has 9 heteroatoms. The van der Waals surface area contributed by atoms with Crippen LogP contribution in [0.4, 0.5) is 5.69 Å². The Kier molecular flexibility index (Phi) is 7.49. The van der Waals surface area contributed by atoms with Crippen LogP contribution in [0.1, 0.15) is 12.1 Å². The lowest BCUT2D eigenvalue weighted by atomic mass is 10.2. The molecule has 0 spiro atoms. The Hall–Kier alpha value is -2.78. The summed E-state index contributed by atoms with van der Waals surface area (Å²) in [7, 11) is 3.53. The SMILES string of the molecule is CNCc1cc2c(cn1)OCCO2.COc1ccc2nccc(N3CCC(SC)C3)c2n1. The van der Waals surface area contributed by atoms with E-state index in [0.717, 1.165) is 47.9 Å². The van der Waals surface area contributed by atoms with Crippen LogP contribution >= 0.6 is 11.8 Å². The molecule has 0 aliphatic carbocycles. The molecule has 8 nitrogen and oxygen atoms in total. The molecule has 170 valence electrons. The van der Waals surface area contributed by atoms with Crippen LogP contribution in [0.15, 0.2) is 36.7 Å². The van der Waals surface area contributed by atoms with Gasteiger partial charge >= 0.3 is 0 Å². The minimum atomic E-state index is 0.611. The Morgan fingerprint density at radius 3 is 2.78 bits per heavy atom. The Bertz CT molecular complexity index is 1050. The van der Waals surface area contributed by atoms with Crippen LogP contribution in [0.25, 0.3) is 11.0 Å². The first kappa shape index (κ1) is 22.4. The van der Waals surface area contributed by atoms with Gasteiger partial charge in [0.2, 0.25) is 5.88 Å². The molecule has 0 bridgehead atoms. The van der Waals surface area contributed by atoms with Crippen molar-refractivity contribution in [1.82, 2.24) is 20.3 Å². The van der Waals surface area contributed by atoms with Crippen molar-refractivity contribution in [2.45, 2.75) is 18.2 Å². The van der Waals surface area contributed by atoms with Crippen LogP contribution in [-0.4, -0.2) is 66.9 Å². The van der Waals surface area contributed by atoms with Gasteiger partial charge in [0.15, 0.2) is 11.5 Å². The summed E-state index contributed by atoms with van der Waals surface area (Å²) in [5.41, 5.74) is 3.99. The van der Waals surface area contributed by atoms with E-state index in [1.165, 1.54) is 12.1 Å². The summed E-state index contributed by atoms with van der Waals surface area (Å²) in [6.45, 7) is 4.15. The van der Waals surface area contributed by atoms with E-state index in [4.69, 9.17) is 14.2 Å². The number of ether oxygens (including phenoxy) is 3. The highest BCUT2D eigenvalue weighted by Crippen LogP contribution is 2.31. The summed E-state index contributed by atoms with van der Waals surface area (Å²) in [6.07, 6.45) is 6.98. The average Bonchev–Trinajstić information content (AvgIpc) is 3.33. The van der Waals surface area contributed by atoms with E-state index in [1.807, 2.05) is 43.2 Å². The number of anilines is 1. The van der Waals surface area contributed by atoms with Crippen LogP contribution in [0.3, 0.4) is 0 Å². The number of fused-ring (bicyclic) bond motifs is 2. The number of methoxy groups -OCH3 is 1. The summed E-state index contributed by atoms with van der Waals surface area (Å²) in [6, 6.07) is 7.78. The fraction of sp³-hybridized carbons (Fsp3) is 0.435. The van der Waals surface area contributed by atoms with E-state index in [9.17, 15) is 0 Å². The molecule has 1 N–H and O–H groups in total. The summed E-state index contributed by atoms with van der Waals surface area (Å²) >= 11 is 1.94. The standard InChI is InChI=1S/C14H17N3OS.C9H12N2O2/c1-18-13-4-3-11-14(16-13)12(5-7-15-11)17-8-6-10(9-17)19-2;1-10-5-7-4-8-9(6-11-7)13-3-2-12-8/h3-5,7,10H,6,8-9H2,1-2H3;4,6,10H,2-3,5H2,1H3. The Morgan fingerprint density at radius 1 is 1.19 bits per heavy atom. The van der Waals surface area contributed by atoms with Crippen molar-refractivity contribution in [3.8, 4) is 17.4 Å². The normalized spacial score (nSPS) is 17.1. The molecule has 0 radical (unpaired) electrons. The number of thioether (sulfide) groups is 1. The molecule has 1 fully saturated rings. The van der Waals surface area contributed by atoms with Gasteiger partial charge in [-0.1, -0.05) is 0 Å². The number of aromatic nitrogens is 3. The van der Waals surface area contributed by atoms with Gasteiger partial charge in [-0.15, -0.1) is 0 Å². The average molecular weight is 456 g/mol. The predicted molar refractivity (Wildman–Crippen MR) is 128 cm³/mol. The molecule has 32 heavy (non-hydrogen) atoms.